The van der Waals surface area contributed by atoms with Gasteiger partial charge in [-0.1, -0.05) is 12.1 Å². The summed E-state index contributed by atoms with van der Waals surface area (Å²) in [6, 6.07) is 19.7. The quantitative estimate of drug-likeness (QED) is 0.330. The van der Waals surface area contributed by atoms with Gasteiger partial charge in [-0.25, -0.2) is 4.98 Å². The van der Waals surface area contributed by atoms with E-state index in [9.17, 15) is 4.79 Å². The minimum Gasteiger partial charge on any atom is -0.375 e. The number of nitrogens with one attached hydrogen (secondary N) is 2. The Labute approximate surface area is 227 Å². The summed E-state index contributed by atoms with van der Waals surface area (Å²) in [5.41, 5.74) is 6.80. The number of ether oxygens (including phenoxy) is 1. The van der Waals surface area contributed by atoms with Crippen LogP contribution < -0.4 is 15.5 Å². The monoisotopic (exact) mass is 526 g/mol. The van der Waals surface area contributed by atoms with Gasteiger partial charge in [-0.05, 0) is 92.6 Å². The number of rotatable bonds is 7. The fraction of sp³-hybridized carbons (Fsp3) is 0.241. The SMILES string of the molecule is COCC(=O)Nc1ccc(N2C(=S)N[C@H](c3ccccn3)[C@@H]2c2cc(C)n(-c3ccccn3)c2C)cc1C. The predicted molar refractivity (Wildman–Crippen MR) is 153 cm³/mol. The van der Waals surface area contributed by atoms with Crippen LogP contribution in [0.2, 0.25) is 0 Å². The first-order chi connectivity index (χ1) is 18.4. The number of hydrogen-bond donors (Lipinski definition) is 2. The second kappa shape index (κ2) is 10.7. The van der Waals surface area contributed by atoms with E-state index < -0.39 is 0 Å². The van der Waals surface area contributed by atoms with Crippen molar-refractivity contribution in [2.75, 3.05) is 23.9 Å². The maximum Gasteiger partial charge on any atom is 0.250 e. The zero-order chi connectivity index (χ0) is 26.8. The third-order valence-corrected chi connectivity index (χ3v) is 7.12. The molecule has 3 aromatic heterocycles. The lowest BCUT2D eigenvalue weighted by Gasteiger charge is -2.29. The fourth-order valence-corrected chi connectivity index (χ4v) is 5.48. The Morgan fingerprint density at radius 2 is 1.82 bits per heavy atom. The predicted octanol–water partition coefficient (Wildman–Crippen LogP) is 4.95. The van der Waals surface area contributed by atoms with Crippen LogP contribution in [0, 0.1) is 20.8 Å². The molecule has 2 atom stereocenters. The number of pyridine rings is 2. The molecule has 0 radical (unpaired) electrons. The zero-order valence-corrected chi connectivity index (χ0v) is 22.6. The summed E-state index contributed by atoms with van der Waals surface area (Å²) in [6.45, 7) is 6.18. The van der Waals surface area contributed by atoms with Gasteiger partial charge in [0.2, 0.25) is 5.91 Å². The second-order valence-electron chi connectivity index (χ2n) is 9.33. The lowest BCUT2D eigenvalue weighted by Crippen LogP contribution is -2.29. The largest absolute Gasteiger partial charge is 0.375 e. The van der Waals surface area contributed by atoms with Crippen molar-refractivity contribution >= 4 is 34.6 Å². The van der Waals surface area contributed by atoms with Crippen LogP contribution in [-0.4, -0.2) is 39.3 Å². The summed E-state index contributed by atoms with van der Waals surface area (Å²) >= 11 is 5.92. The van der Waals surface area contributed by atoms with Crippen molar-refractivity contribution in [1.82, 2.24) is 19.9 Å². The highest BCUT2D eigenvalue weighted by Gasteiger charge is 2.42. The van der Waals surface area contributed by atoms with Crippen LogP contribution in [0.5, 0.6) is 0 Å². The van der Waals surface area contributed by atoms with Crippen molar-refractivity contribution in [2.24, 2.45) is 0 Å². The summed E-state index contributed by atoms with van der Waals surface area (Å²) in [4.78, 5) is 23.5. The van der Waals surface area contributed by atoms with Gasteiger partial charge in [-0.2, -0.15) is 0 Å². The van der Waals surface area contributed by atoms with Gasteiger partial charge in [-0.15, -0.1) is 0 Å². The van der Waals surface area contributed by atoms with Gasteiger partial charge in [0.25, 0.3) is 0 Å². The first kappa shape index (κ1) is 25.6. The molecule has 0 saturated carbocycles. The lowest BCUT2D eigenvalue weighted by molar-refractivity contribution is -0.119. The van der Waals surface area contributed by atoms with Crippen molar-refractivity contribution in [3.63, 3.8) is 0 Å². The molecule has 38 heavy (non-hydrogen) atoms. The summed E-state index contributed by atoms with van der Waals surface area (Å²) < 4.78 is 7.12. The minimum absolute atomic E-state index is 0.00103. The van der Waals surface area contributed by atoms with E-state index in [1.807, 2.05) is 61.5 Å². The molecule has 1 aromatic carbocycles. The molecule has 1 aliphatic rings. The van der Waals surface area contributed by atoms with Crippen LogP contribution in [0.15, 0.2) is 73.1 Å². The Bertz CT molecular complexity index is 1470. The second-order valence-corrected chi connectivity index (χ2v) is 9.71. The van der Waals surface area contributed by atoms with Crippen molar-refractivity contribution in [3.8, 4) is 5.82 Å². The van der Waals surface area contributed by atoms with Crippen molar-refractivity contribution in [1.29, 1.82) is 0 Å². The summed E-state index contributed by atoms with van der Waals surface area (Å²) in [6.07, 6.45) is 3.61. The maximum absolute atomic E-state index is 12.1. The molecule has 0 unspecified atom stereocenters. The van der Waals surface area contributed by atoms with E-state index in [-0.39, 0.29) is 24.6 Å². The summed E-state index contributed by atoms with van der Waals surface area (Å²) in [5, 5.41) is 7.05. The van der Waals surface area contributed by atoms with Crippen LogP contribution in [0.4, 0.5) is 11.4 Å². The number of methoxy groups -OCH3 is 1. The molecule has 1 fully saturated rings. The number of hydrogen-bond acceptors (Lipinski definition) is 5. The number of anilines is 2. The van der Waals surface area contributed by atoms with Crippen LogP contribution in [0.1, 0.15) is 40.3 Å². The number of aryl methyl sites for hydroxylation is 2. The number of carbonyl (C=O) groups excluding carboxylic acids is 1. The first-order valence-electron chi connectivity index (χ1n) is 12.4. The normalized spacial score (nSPS) is 16.9. The number of amides is 1. The van der Waals surface area contributed by atoms with Gasteiger partial charge >= 0.3 is 0 Å². The van der Waals surface area contributed by atoms with E-state index >= 15 is 0 Å². The molecular formula is C29H30N6O2S. The van der Waals surface area contributed by atoms with Gasteiger partial charge in [0.05, 0.1) is 17.8 Å². The van der Waals surface area contributed by atoms with Crippen LogP contribution in [-0.2, 0) is 9.53 Å². The minimum atomic E-state index is -0.197. The lowest BCUT2D eigenvalue weighted by atomic mass is 9.96. The molecule has 4 aromatic rings. The average molecular weight is 527 g/mol. The molecule has 2 N–H and O–H groups in total. The van der Waals surface area contributed by atoms with E-state index in [2.05, 4.69) is 50.0 Å². The van der Waals surface area contributed by atoms with Crippen LogP contribution in [0.25, 0.3) is 5.82 Å². The van der Waals surface area contributed by atoms with E-state index in [1.165, 1.54) is 7.11 Å². The Morgan fingerprint density at radius 1 is 1.05 bits per heavy atom. The Balaban J connectivity index is 1.60. The number of benzene rings is 1. The molecule has 0 aliphatic carbocycles. The average Bonchev–Trinajstić information content (AvgIpc) is 3.41. The molecule has 0 bridgehead atoms. The highest BCUT2D eigenvalue weighted by atomic mass is 32.1. The molecule has 8 nitrogen and oxygen atoms in total. The number of aromatic nitrogens is 3. The van der Waals surface area contributed by atoms with Crippen LogP contribution in [0.3, 0.4) is 0 Å². The van der Waals surface area contributed by atoms with E-state index in [4.69, 9.17) is 17.0 Å². The van der Waals surface area contributed by atoms with Crippen LogP contribution >= 0.6 is 12.2 Å². The molecule has 1 saturated heterocycles. The van der Waals surface area contributed by atoms with Gasteiger partial charge in [-0.3, -0.25) is 9.78 Å². The smallest absolute Gasteiger partial charge is 0.250 e. The molecule has 1 amide bonds. The van der Waals surface area contributed by atoms with Gasteiger partial charge in [0.1, 0.15) is 12.4 Å². The van der Waals surface area contributed by atoms with Gasteiger partial charge in [0, 0.05) is 42.3 Å². The van der Waals surface area contributed by atoms with Gasteiger partial charge < -0.3 is 24.8 Å². The molecule has 0 spiro atoms. The Hall–Kier alpha value is -4.08. The highest BCUT2D eigenvalue weighted by Crippen LogP contribution is 2.44. The van der Waals surface area contributed by atoms with Crippen molar-refractivity contribution < 1.29 is 9.53 Å². The van der Waals surface area contributed by atoms with Crippen molar-refractivity contribution in [2.45, 2.75) is 32.9 Å². The Morgan fingerprint density at radius 3 is 2.47 bits per heavy atom. The number of nitrogens with zero attached hydrogens (tertiary/aromatic N) is 4. The molecule has 5 rings (SSSR count). The first-order valence-corrected chi connectivity index (χ1v) is 12.8. The zero-order valence-electron chi connectivity index (χ0n) is 21.8. The molecule has 194 valence electrons. The van der Waals surface area contributed by atoms with E-state index in [0.717, 1.165) is 45.4 Å². The molecular weight excluding hydrogens is 496 g/mol. The standard InChI is InChI=1S/C29H30N6O2S/c1-18-15-21(11-12-23(18)32-26(36)17-37-4)35-28(27(33-29(35)38)24-9-5-7-13-30-24)22-16-19(2)34(20(22)3)25-10-6-8-14-31-25/h5-16,27-28H,17H2,1-4H3,(H,32,36)(H,33,38)/t27-,28+/m1/s1. The summed E-state index contributed by atoms with van der Waals surface area (Å²) in [7, 11) is 1.50. The van der Waals surface area contributed by atoms with Crippen molar-refractivity contribution in [3.05, 3.63) is 101 Å². The van der Waals surface area contributed by atoms with Gasteiger partial charge in [0.15, 0.2) is 5.11 Å². The van der Waals surface area contributed by atoms with E-state index in [0.29, 0.717) is 5.11 Å². The highest BCUT2D eigenvalue weighted by molar-refractivity contribution is 7.80. The molecule has 1 aliphatic heterocycles. The summed E-state index contributed by atoms with van der Waals surface area (Å²) in [5.74, 6) is 0.673. The number of carbonyl (C=O) groups is 1. The molecule has 4 heterocycles. The number of thiocarbonyl (C=S) groups is 1. The maximum atomic E-state index is 12.1. The topological polar surface area (TPSA) is 84.3 Å². The fourth-order valence-electron chi connectivity index (χ4n) is 5.13. The third-order valence-electron chi connectivity index (χ3n) is 6.80. The third kappa shape index (κ3) is 4.78. The Kier molecular flexibility index (Phi) is 7.22. The molecule has 9 heteroatoms. The van der Waals surface area contributed by atoms with E-state index in [1.54, 1.807) is 12.4 Å².